The molecule has 0 aliphatic carbocycles. The summed E-state index contributed by atoms with van der Waals surface area (Å²) in [7, 11) is 0. The SMILES string of the molecule is c1ccc(-c2nc(-c3ccc4c(c3)oc3cc(-n5c6ccccc6c6cccc(-c7ccccc7)c65)ccc34)nc(-c3ccc4c(c3)sc3c(-c5ccccc5)cccc34)n2)cc1. The summed E-state index contributed by atoms with van der Waals surface area (Å²) >= 11 is 1.81. The van der Waals surface area contributed by atoms with Crippen LogP contribution in [0.15, 0.2) is 211 Å². The molecule has 13 rings (SSSR count). The molecule has 4 heterocycles. The van der Waals surface area contributed by atoms with Gasteiger partial charge in [-0.2, -0.15) is 0 Å². The molecule has 0 spiro atoms. The fraction of sp³-hybridized carbons (Fsp3) is 0. The van der Waals surface area contributed by atoms with E-state index >= 15 is 0 Å². The summed E-state index contributed by atoms with van der Waals surface area (Å²) in [5, 5.41) is 7.00. The molecule has 4 aromatic heterocycles. The maximum atomic E-state index is 6.76. The maximum absolute atomic E-state index is 6.76. The molecular weight excluding hydrogens is 789 g/mol. The van der Waals surface area contributed by atoms with Crippen LogP contribution in [0.3, 0.4) is 0 Å². The summed E-state index contributed by atoms with van der Waals surface area (Å²) in [6.45, 7) is 0. The Kier molecular flexibility index (Phi) is 8.01. The van der Waals surface area contributed by atoms with Gasteiger partial charge in [-0.05, 0) is 53.1 Å². The lowest BCUT2D eigenvalue weighted by molar-refractivity contribution is 0.668. The lowest BCUT2D eigenvalue weighted by Gasteiger charge is -2.11. The minimum atomic E-state index is 0.587. The summed E-state index contributed by atoms with van der Waals surface area (Å²) in [5.74, 6) is 1.83. The van der Waals surface area contributed by atoms with Crippen molar-refractivity contribution >= 4 is 75.3 Å². The van der Waals surface area contributed by atoms with Crippen LogP contribution in [0.4, 0.5) is 0 Å². The largest absolute Gasteiger partial charge is 0.456 e. The van der Waals surface area contributed by atoms with E-state index in [4.69, 9.17) is 19.4 Å². The molecule has 0 saturated heterocycles. The fourth-order valence-electron chi connectivity index (χ4n) is 9.31. The monoisotopic (exact) mass is 822 g/mol. The van der Waals surface area contributed by atoms with Crippen LogP contribution < -0.4 is 0 Å². The molecule has 0 saturated carbocycles. The predicted molar refractivity (Wildman–Crippen MR) is 262 cm³/mol. The first-order chi connectivity index (χ1) is 31.2. The quantitative estimate of drug-likeness (QED) is 0.168. The van der Waals surface area contributed by atoms with Crippen molar-refractivity contribution in [2.45, 2.75) is 0 Å². The molecule has 63 heavy (non-hydrogen) atoms. The van der Waals surface area contributed by atoms with Crippen molar-refractivity contribution in [3.63, 3.8) is 0 Å². The Morgan fingerprint density at radius 3 is 1.63 bits per heavy atom. The van der Waals surface area contributed by atoms with Gasteiger partial charge in [0.25, 0.3) is 0 Å². The van der Waals surface area contributed by atoms with Crippen LogP contribution in [0, 0.1) is 0 Å². The van der Waals surface area contributed by atoms with Crippen molar-refractivity contribution in [3.8, 4) is 62.1 Å². The second kappa shape index (κ2) is 14.2. The summed E-state index contributed by atoms with van der Waals surface area (Å²) in [4.78, 5) is 15.3. The van der Waals surface area contributed by atoms with Crippen LogP contribution in [0.1, 0.15) is 0 Å². The van der Waals surface area contributed by atoms with E-state index in [1.54, 1.807) is 0 Å². The molecule has 0 aliphatic rings. The summed E-state index contributed by atoms with van der Waals surface area (Å²) in [5.41, 5.74) is 12.5. The van der Waals surface area contributed by atoms with Gasteiger partial charge in [-0.15, -0.1) is 11.3 Å². The van der Waals surface area contributed by atoms with E-state index in [-0.39, 0.29) is 0 Å². The zero-order valence-electron chi connectivity index (χ0n) is 33.7. The molecule has 5 nitrogen and oxygen atoms in total. The highest BCUT2D eigenvalue weighted by molar-refractivity contribution is 7.26. The average Bonchev–Trinajstić information content (AvgIpc) is 4.03. The molecule has 0 fully saturated rings. The predicted octanol–water partition coefficient (Wildman–Crippen LogP) is 15.6. The van der Waals surface area contributed by atoms with Crippen LogP contribution in [-0.4, -0.2) is 19.5 Å². The molecule has 13 aromatic rings. The number of hydrogen-bond acceptors (Lipinski definition) is 5. The van der Waals surface area contributed by atoms with E-state index < -0.39 is 0 Å². The van der Waals surface area contributed by atoms with Gasteiger partial charge in [-0.1, -0.05) is 164 Å². The molecule has 9 aromatic carbocycles. The van der Waals surface area contributed by atoms with Gasteiger partial charge in [-0.3, -0.25) is 0 Å². The van der Waals surface area contributed by atoms with Gasteiger partial charge >= 0.3 is 0 Å². The molecule has 0 amide bonds. The lowest BCUT2D eigenvalue weighted by Crippen LogP contribution is -2.00. The van der Waals surface area contributed by atoms with E-state index in [2.05, 4.69) is 180 Å². The van der Waals surface area contributed by atoms with E-state index in [0.29, 0.717) is 17.5 Å². The summed E-state index contributed by atoms with van der Waals surface area (Å²) < 4.78 is 11.6. The smallest absolute Gasteiger partial charge is 0.164 e. The molecule has 0 atom stereocenters. The van der Waals surface area contributed by atoms with Gasteiger partial charge in [0.05, 0.1) is 11.0 Å². The van der Waals surface area contributed by atoms with E-state index in [1.807, 2.05) is 41.7 Å². The number of fused-ring (bicyclic) bond motifs is 9. The van der Waals surface area contributed by atoms with Gasteiger partial charge in [0.2, 0.25) is 0 Å². The van der Waals surface area contributed by atoms with Crippen molar-refractivity contribution < 1.29 is 4.42 Å². The summed E-state index contributed by atoms with van der Waals surface area (Å²) in [6.07, 6.45) is 0. The molecule has 294 valence electrons. The number of hydrogen-bond donors (Lipinski definition) is 0. The minimum Gasteiger partial charge on any atom is -0.456 e. The number of aromatic nitrogens is 4. The second-order valence-electron chi connectivity index (χ2n) is 15.9. The van der Waals surface area contributed by atoms with Crippen LogP contribution >= 0.6 is 11.3 Å². The van der Waals surface area contributed by atoms with Crippen molar-refractivity contribution in [1.29, 1.82) is 0 Å². The third kappa shape index (κ3) is 5.80. The Morgan fingerprint density at radius 1 is 0.365 bits per heavy atom. The molecule has 0 unspecified atom stereocenters. The zero-order chi connectivity index (χ0) is 41.4. The number of rotatable bonds is 6. The molecule has 0 radical (unpaired) electrons. The topological polar surface area (TPSA) is 56.7 Å². The van der Waals surface area contributed by atoms with Gasteiger partial charge in [-0.25, -0.2) is 15.0 Å². The van der Waals surface area contributed by atoms with Gasteiger partial charge in [0, 0.05) is 75.7 Å². The third-order valence-corrected chi connectivity index (χ3v) is 13.5. The molecule has 6 heteroatoms. The Morgan fingerprint density at radius 2 is 0.905 bits per heavy atom. The minimum absolute atomic E-state index is 0.587. The highest BCUT2D eigenvalue weighted by Crippen LogP contribution is 2.43. The van der Waals surface area contributed by atoms with Crippen LogP contribution in [0.25, 0.3) is 126 Å². The second-order valence-corrected chi connectivity index (χ2v) is 17.0. The highest BCUT2D eigenvalue weighted by Gasteiger charge is 2.20. The first-order valence-electron chi connectivity index (χ1n) is 21.1. The van der Waals surface area contributed by atoms with Crippen LogP contribution in [0.5, 0.6) is 0 Å². The van der Waals surface area contributed by atoms with E-state index in [9.17, 15) is 0 Å². The van der Waals surface area contributed by atoms with Gasteiger partial charge < -0.3 is 8.98 Å². The zero-order valence-corrected chi connectivity index (χ0v) is 34.6. The molecule has 0 bridgehead atoms. The number of nitrogens with zero attached hydrogens (tertiary/aromatic N) is 4. The first kappa shape index (κ1) is 35.6. The average molecular weight is 823 g/mol. The Bertz CT molecular complexity index is 3910. The maximum Gasteiger partial charge on any atom is 0.164 e. The van der Waals surface area contributed by atoms with Crippen LogP contribution in [0.2, 0.25) is 0 Å². The highest BCUT2D eigenvalue weighted by atomic mass is 32.1. The normalized spacial score (nSPS) is 11.8. The number of furan rings is 1. The number of thiophene rings is 1. The Hall–Kier alpha value is -8.19. The van der Waals surface area contributed by atoms with E-state index in [1.165, 1.54) is 58.7 Å². The van der Waals surface area contributed by atoms with Gasteiger partial charge in [0.15, 0.2) is 17.5 Å². The van der Waals surface area contributed by atoms with Crippen molar-refractivity contribution in [1.82, 2.24) is 19.5 Å². The summed E-state index contributed by atoms with van der Waals surface area (Å²) in [6, 6.07) is 72.6. The van der Waals surface area contributed by atoms with Crippen molar-refractivity contribution in [2.75, 3.05) is 0 Å². The number of benzene rings is 9. The Labute approximate surface area is 365 Å². The van der Waals surface area contributed by atoms with Crippen LogP contribution in [-0.2, 0) is 0 Å². The van der Waals surface area contributed by atoms with Gasteiger partial charge in [0.1, 0.15) is 11.2 Å². The van der Waals surface area contributed by atoms with Crippen molar-refractivity contribution in [3.05, 3.63) is 206 Å². The molecule has 0 aliphatic heterocycles. The Balaban J connectivity index is 0.939. The fourth-order valence-corrected chi connectivity index (χ4v) is 10.6. The molecule has 0 N–H and O–H groups in total. The molecular formula is C57H34N4OS. The number of para-hydroxylation sites is 2. The van der Waals surface area contributed by atoms with Crippen molar-refractivity contribution in [2.24, 2.45) is 0 Å². The van der Waals surface area contributed by atoms with E-state index in [0.717, 1.165) is 49.8 Å². The standard InChI is InChI=1S/C57H34N4OS/c1-4-14-35(15-5-1)41-21-12-23-47-43-20-10-11-25-49(43)61(53(41)47)40-28-31-45-44-29-26-38(32-50(44)62-51(45)34-40)56-58-55(37-18-8-3-9-19-37)59-57(60-56)39-27-30-46-48-24-13-22-42(36-16-6-2-7-17-36)54(48)63-52(46)33-39/h1-34H. The first-order valence-corrected chi connectivity index (χ1v) is 21.9. The third-order valence-electron chi connectivity index (χ3n) is 12.3. The lowest BCUT2D eigenvalue weighted by atomic mass is 10.0.